The Labute approximate surface area is 208 Å². The van der Waals surface area contributed by atoms with E-state index in [1.165, 1.54) is 29.1 Å². The van der Waals surface area contributed by atoms with E-state index in [4.69, 9.17) is 11.5 Å². The van der Waals surface area contributed by atoms with Crippen molar-refractivity contribution in [1.82, 2.24) is 29.9 Å². The van der Waals surface area contributed by atoms with Crippen LogP contribution in [0.4, 0.5) is 5.82 Å². The predicted octanol–water partition coefficient (Wildman–Crippen LogP) is 3.15. The van der Waals surface area contributed by atoms with Gasteiger partial charge in [-0.15, -0.1) is 0 Å². The summed E-state index contributed by atoms with van der Waals surface area (Å²) in [5.41, 5.74) is 16.5. The molecule has 0 aliphatic rings. The summed E-state index contributed by atoms with van der Waals surface area (Å²) < 4.78 is 1.74. The van der Waals surface area contributed by atoms with Gasteiger partial charge in [-0.1, -0.05) is 49.1 Å². The third-order valence-electron chi connectivity index (χ3n) is 5.34. The lowest BCUT2D eigenvalue weighted by Gasteiger charge is -2.10. The average molecular weight is 477 g/mol. The summed E-state index contributed by atoms with van der Waals surface area (Å²) in [5.74, 6) is 5.79. The molecule has 0 radical (unpaired) electrons. The minimum absolute atomic E-state index is 0.0162. The van der Waals surface area contributed by atoms with E-state index in [2.05, 4.69) is 80.4 Å². The minimum atomic E-state index is -0.661. The van der Waals surface area contributed by atoms with E-state index in [0.717, 1.165) is 28.5 Å². The maximum atomic E-state index is 10.5. The summed E-state index contributed by atoms with van der Waals surface area (Å²) in [6.07, 6.45) is 9.07. The van der Waals surface area contributed by atoms with Crippen LogP contribution in [0.25, 0.3) is 22.0 Å². The molecule has 0 unspecified atom stereocenters. The van der Waals surface area contributed by atoms with Crippen molar-refractivity contribution in [2.75, 3.05) is 5.73 Å². The summed E-state index contributed by atoms with van der Waals surface area (Å²) in [6.45, 7) is 2.16. The minimum Gasteiger partial charge on any atom is -0.382 e. The van der Waals surface area contributed by atoms with Gasteiger partial charge in [-0.05, 0) is 35.2 Å². The summed E-state index contributed by atoms with van der Waals surface area (Å²) in [6, 6.07) is 14.7. The fourth-order valence-electron chi connectivity index (χ4n) is 3.59. The standard InChI is InChI=1S/C22H18N4.C5H6N4O/c1-3-17-11-22-21(12-20(17)18-7-5-4-6-8-18)19(14-23-25-22)10-9-16-13-24-26(2)15-16;6-4-3(5(7)10)8-1-2-9-4/h4-8,11-15H,3H2,1-2H3;1-2H,(H2,6,9)(H2,7,10). The lowest BCUT2D eigenvalue weighted by molar-refractivity contribution is 0.0996. The van der Waals surface area contributed by atoms with Crippen LogP contribution in [0, 0.1) is 11.8 Å². The average Bonchev–Trinajstić information content (AvgIpc) is 3.32. The van der Waals surface area contributed by atoms with Crippen LogP contribution < -0.4 is 11.5 Å². The van der Waals surface area contributed by atoms with Gasteiger partial charge in [0.15, 0.2) is 11.5 Å². The second kappa shape index (κ2) is 10.9. The number of benzene rings is 2. The third kappa shape index (κ3) is 5.51. The van der Waals surface area contributed by atoms with Crippen molar-refractivity contribution in [1.29, 1.82) is 0 Å². The largest absolute Gasteiger partial charge is 0.382 e. The molecule has 0 fully saturated rings. The van der Waals surface area contributed by atoms with Gasteiger partial charge in [0.25, 0.3) is 5.91 Å². The normalized spacial score (nSPS) is 10.2. The van der Waals surface area contributed by atoms with Crippen LogP contribution in [-0.4, -0.2) is 35.9 Å². The molecule has 5 aromatic rings. The number of primary amides is 1. The van der Waals surface area contributed by atoms with Crippen LogP contribution >= 0.6 is 0 Å². The lowest BCUT2D eigenvalue weighted by atomic mass is 9.95. The Kier molecular flexibility index (Phi) is 7.27. The van der Waals surface area contributed by atoms with Gasteiger partial charge in [0.1, 0.15) is 0 Å². The summed E-state index contributed by atoms with van der Waals surface area (Å²) in [5, 5.41) is 13.6. The summed E-state index contributed by atoms with van der Waals surface area (Å²) in [7, 11) is 1.88. The fourth-order valence-corrected chi connectivity index (χ4v) is 3.59. The van der Waals surface area contributed by atoms with Gasteiger partial charge in [0, 0.05) is 31.0 Å². The molecule has 36 heavy (non-hydrogen) atoms. The summed E-state index contributed by atoms with van der Waals surface area (Å²) in [4.78, 5) is 17.7. The Morgan fingerprint density at radius 3 is 2.47 bits per heavy atom. The highest BCUT2D eigenvalue weighted by atomic mass is 16.1. The van der Waals surface area contributed by atoms with E-state index in [-0.39, 0.29) is 11.5 Å². The van der Waals surface area contributed by atoms with Crippen molar-refractivity contribution in [2.24, 2.45) is 12.8 Å². The molecule has 0 atom stereocenters. The monoisotopic (exact) mass is 476 g/mol. The van der Waals surface area contributed by atoms with Gasteiger partial charge in [-0.2, -0.15) is 15.3 Å². The number of hydrogen-bond acceptors (Lipinski definition) is 7. The maximum Gasteiger partial charge on any atom is 0.271 e. The summed E-state index contributed by atoms with van der Waals surface area (Å²) >= 11 is 0. The lowest BCUT2D eigenvalue weighted by Crippen LogP contribution is -2.16. The van der Waals surface area contributed by atoms with Gasteiger partial charge < -0.3 is 11.5 Å². The van der Waals surface area contributed by atoms with Crippen LogP contribution in [-0.2, 0) is 13.5 Å². The van der Waals surface area contributed by atoms with Crippen molar-refractivity contribution < 1.29 is 4.79 Å². The Morgan fingerprint density at radius 2 is 1.83 bits per heavy atom. The van der Waals surface area contributed by atoms with E-state index in [1.54, 1.807) is 17.1 Å². The second-order valence-electron chi connectivity index (χ2n) is 7.81. The number of amides is 1. The number of fused-ring (bicyclic) bond motifs is 1. The van der Waals surface area contributed by atoms with E-state index < -0.39 is 5.91 Å². The number of nitrogens with zero attached hydrogens (tertiary/aromatic N) is 6. The fraction of sp³-hybridized carbons (Fsp3) is 0.111. The number of aryl methyl sites for hydroxylation is 2. The quantitative estimate of drug-likeness (QED) is 0.381. The van der Waals surface area contributed by atoms with Crippen molar-refractivity contribution in [2.45, 2.75) is 13.3 Å². The molecule has 3 aromatic heterocycles. The molecular weight excluding hydrogens is 452 g/mol. The van der Waals surface area contributed by atoms with E-state index in [0.29, 0.717) is 0 Å². The zero-order chi connectivity index (χ0) is 25.5. The smallest absolute Gasteiger partial charge is 0.271 e. The SMILES string of the molecule is CCc1cc2nncc(C#Cc3cnn(C)c3)c2cc1-c1ccccc1.NC(=O)c1nccnc1N. The van der Waals surface area contributed by atoms with Gasteiger partial charge >= 0.3 is 0 Å². The number of anilines is 1. The van der Waals surface area contributed by atoms with Gasteiger partial charge in [-0.25, -0.2) is 9.97 Å². The molecule has 0 bridgehead atoms. The highest BCUT2D eigenvalue weighted by Gasteiger charge is 2.10. The Morgan fingerprint density at radius 1 is 1.06 bits per heavy atom. The molecule has 4 N–H and O–H groups in total. The topological polar surface area (TPSA) is 138 Å². The number of aromatic nitrogens is 6. The van der Waals surface area contributed by atoms with E-state index in [1.807, 2.05) is 19.3 Å². The Bertz CT molecular complexity index is 1580. The van der Waals surface area contributed by atoms with Crippen molar-refractivity contribution in [3.8, 4) is 23.0 Å². The maximum absolute atomic E-state index is 10.5. The van der Waals surface area contributed by atoms with Crippen LogP contribution in [0.3, 0.4) is 0 Å². The molecule has 5 rings (SSSR count). The molecule has 178 valence electrons. The zero-order valence-corrected chi connectivity index (χ0v) is 19.9. The van der Waals surface area contributed by atoms with E-state index >= 15 is 0 Å². The van der Waals surface area contributed by atoms with Crippen LogP contribution in [0.5, 0.6) is 0 Å². The molecule has 9 nitrogen and oxygen atoms in total. The first-order valence-corrected chi connectivity index (χ1v) is 11.2. The van der Waals surface area contributed by atoms with Gasteiger partial charge in [0.05, 0.1) is 29.0 Å². The molecule has 0 aliphatic carbocycles. The molecule has 3 heterocycles. The van der Waals surface area contributed by atoms with Gasteiger partial charge in [0.2, 0.25) is 0 Å². The number of carbonyl (C=O) groups excluding carboxylic acids is 1. The number of rotatable bonds is 3. The molecule has 0 spiro atoms. The Hall–Kier alpha value is -5.10. The van der Waals surface area contributed by atoms with Crippen molar-refractivity contribution in [3.63, 3.8) is 0 Å². The Balaban J connectivity index is 0.000000256. The molecule has 9 heteroatoms. The molecular formula is C27H24N8O. The molecule has 0 saturated carbocycles. The predicted molar refractivity (Wildman–Crippen MR) is 139 cm³/mol. The first kappa shape index (κ1) is 24.0. The van der Waals surface area contributed by atoms with E-state index in [9.17, 15) is 4.79 Å². The number of hydrogen-bond donors (Lipinski definition) is 2. The molecule has 1 amide bonds. The van der Waals surface area contributed by atoms with Gasteiger partial charge in [-0.3, -0.25) is 9.48 Å². The number of nitrogen functional groups attached to an aromatic ring is 1. The van der Waals surface area contributed by atoms with Crippen LogP contribution in [0.15, 0.2) is 73.4 Å². The number of carbonyl (C=O) groups is 1. The van der Waals surface area contributed by atoms with Crippen LogP contribution in [0.1, 0.15) is 34.1 Å². The highest BCUT2D eigenvalue weighted by Crippen LogP contribution is 2.29. The van der Waals surface area contributed by atoms with Crippen molar-refractivity contribution in [3.05, 3.63) is 95.8 Å². The zero-order valence-electron chi connectivity index (χ0n) is 19.9. The van der Waals surface area contributed by atoms with Crippen LogP contribution in [0.2, 0.25) is 0 Å². The van der Waals surface area contributed by atoms with Crippen molar-refractivity contribution >= 4 is 22.6 Å². The first-order chi connectivity index (χ1) is 17.5. The molecule has 0 aliphatic heterocycles. The second-order valence-corrected chi connectivity index (χ2v) is 7.81. The number of nitrogens with two attached hydrogens (primary N) is 2. The first-order valence-electron chi connectivity index (χ1n) is 11.2. The third-order valence-corrected chi connectivity index (χ3v) is 5.34. The molecule has 0 saturated heterocycles. The highest BCUT2D eigenvalue weighted by molar-refractivity contribution is 5.94. The molecule has 2 aromatic carbocycles.